The lowest BCUT2D eigenvalue weighted by Crippen LogP contribution is -2.33. The summed E-state index contributed by atoms with van der Waals surface area (Å²) in [6.45, 7) is 8.71. The van der Waals surface area contributed by atoms with Crippen molar-refractivity contribution in [3.05, 3.63) is 11.7 Å². The minimum atomic E-state index is -0.208. The summed E-state index contributed by atoms with van der Waals surface area (Å²) in [7, 11) is 1.77. The molecule has 2 rings (SSSR count). The molecule has 124 valence electrons. The molecule has 7 nitrogen and oxygen atoms in total. The van der Waals surface area contributed by atoms with E-state index in [4.69, 9.17) is 9.26 Å². The highest BCUT2D eigenvalue weighted by molar-refractivity contribution is 5.79. The zero-order valence-corrected chi connectivity index (χ0v) is 13.8. The molecule has 2 unspecified atom stereocenters. The monoisotopic (exact) mass is 310 g/mol. The van der Waals surface area contributed by atoms with Crippen molar-refractivity contribution >= 4 is 5.91 Å². The van der Waals surface area contributed by atoms with Crippen LogP contribution in [-0.4, -0.2) is 47.7 Å². The smallest absolute Gasteiger partial charge is 0.246 e. The molecule has 22 heavy (non-hydrogen) atoms. The second-order valence-electron chi connectivity index (χ2n) is 6.30. The molecule has 1 aromatic rings. The van der Waals surface area contributed by atoms with Gasteiger partial charge in [-0.2, -0.15) is 4.98 Å². The lowest BCUT2D eigenvalue weighted by atomic mass is 10.1. The molecular formula is C15H26N4O3. The Labute approximate surface area is 131 Å². The number of amides is 1. The number of hydrogen-bond donors (Lipinski definition) is 1. The van der Waals surface area contributed by atoms with Crippen molar-refractivity contribution < 1.29 is 14.1 Å². The van der Waals surface area contributed by atoms with Gasteiger partial charge < -0.3 is 19.5 Å². The highest BCUT2D eigenvalue weighted by Crippen LogP contribution is 2.16. The Morgan fingerprint density at radius 2 is 2.27 bits per heavy atom. The van der Waals surface area contributed by atoms with Gasteiger partial charge in [0.15, 0.2) is 5.82 Å². The van der Waals surface area contributed by atoms with Crippen molar-refractivity contribution in [2.75, 3.05) is 26.7 Å². The Hall–Kier alpha value is -1.47. The van der Waals surface area contributed by atoms with Crippen LogP contribution >= 0.6 is 0 Å². The van der Waals surface area contributed by atoms with Gasteiger partial charge in [-0.05, 0) is 25.8 Å². The average Bonchev–Trinajstić information content (AvgIpc) is 3.15. The van der Waals surface area contributed by atoms with Gasteiger partial charge in [-0.1, -0.05) is 19.0 Å². The Balaban J connectivity index is 1.86. The molecule has 7 heteroatoms. The Bertz CT molecular complexity index is 483. The molecule has 2 atom stereocenters. The van der Waals surface area contributed by atoms with Crippen LogP contribution in [0.5, 0.6) is 0 Å². The molecule has 0 aromatic carbocycles. The maximum atomic E-state index is 12.2. The number of nitrogens with one attached hydrogen (secondary N) is 1. The van der Waals surface area contributed by atoms with Crippen LogP contribution in [0.4, 0.5) is 0 Å². The third-order valence-corrected chi connectivity index (χ3v) is 3.69. The molecule has 2 heterocycles. The molecule has 0 aliphatic carbocycles. The fourth-order valence-corrected chi connectivity index (χ4v) is 2.37. The molecule has 1 saturated heterocycles. The summed E-state index contributed by atoms with van der Waals surface area (Å²) in [5.41, 5.74) is 0. The molecule has 0 bridgehead atoms. The number of rotatable bonds is 7. The van der Waals surface area contributed by atoms with E-state index in [1.165, 1.54) is 0 Å². The molecule has 1 amide bonds. The molecule has 0 saturated carbocycles. The van der Waals surface area contributed by atoms with E-state index in [0.29, 0.717) is 30.8 Å². The highest BCUT2D eigenvalue weighted by atomic mass is 16.5. The molecular weight excluding hydrogens is 284 g/mol. The zero-order valence-electron chi connectivity index (χ0n) is 13.8. The number of aromatic nitrogens is 2. The van der Waals surface area contributed by atoms with E-state index >= 15 is 0 Å². The van der Waals surface area contributed by atoms with Crippen LogP contribution < -0.4 is 5.32 Å². The molecule has 0 spiro atoms. The zero-order chi connectivity index (χ0) is 16.1. The topological polar surface area (TPSA) is 80.5 Å². The van der Waals surface area contributed by atoms with E-state index in [1.807, 2.05) is 6.92 Å². The van der Waals surface area contributed by atoms with Crippen molar-refractivity contribution in [2.24, 2.45) is 11.8 Å². The van der Waals surface area contributed by atoms with Gasteiger partial charge in [0.25, 0.3) is 0 Å². The third-order valence-electron chi connectivity index (χ3n) is 3.69. The molecule has 1 aliphatic rings. The third kappa shape index (κ3) is 4.51. The van der Waals surface area contributed by atoms with Gasteiger partial charge in [0.05, 0.1) is 12.5 Å². The second-order valence-corrected chi connectivity index (χ2v) is 6.30. The number of nitrogens with zero attached hydrogens (tertiary/aromatic N) is 3. The molecule has 1 N–H and O–H groups in total. The lowest BCUT2D eigenvalue weighted by Gasteiger charge is -2.18. The standard InChI is InChI=1S/C15H26N4O3/c1-10(2)9-21-11(3)14-17-13(22-18-14)8-19(4)15(20)12-5-6-16-7-12/h10-12,16H,5-9H2,1-4H3. The minimum absolute atomic E-state index is 0.0562. The molecule has 1 fully saturated rings. The first-order chi connectivity index (χ1) is 10.5. The summed E-state index contributed by atoms with van der Waals surface area (Å²) in [6, 6.07) is 0. The minimum Gasteiger partial charge on any atom is -0.370 e. The maximum Gasteiger partial charge on any atom is 0.246 e. The summed E-state index contributed by atoms with van der Waals surface area (Å²) >= 11 is 0. The molecule has 0 radical (unpaired) electrons. The van der Waals surface area contributed by atoms with Gasteiger partial charge in [0.1, 0.15) is 6.10 Å². The first kappa shape index (κ1) is 16.9. The van der Waals surface area contributed by atoms with Crippen LogP contribution in [0.25, 0.3) is 0 Å². The van der Waals surface area contributed by atoms with Gasteiger partial charge >= 0.3 is 0 Å². The lowest BCUT2D eigenvalue weighted by molar-refractivity contribution is -0.134. The summed E-state index contributed by atoms with van der Waals surface area (Å²) in [5, 5.41) is 7.14. The Morgan fingerprint density at radius 1 is 1.50 bits per heavy atom. The first-order valence-corrected chi connectivity index (χ1v) is 7.87. The van der Waals surface area contributed by atoms with Gasteiger partial charge in [-0.15, -0.1) is 0 Å². The number of ether oxygens (including phenoxy) is 1. The van der Waals surface area contributed by atoms with E-state index in [2.05, 4.69) is 29.3 Å². The number of hydrogen-bond acceptors (Lipinski definition) is 6. The largest absolute Gasteiger partial charge is 0.370 e. The number of carbonyl (C=O) groups excluding carboxylic acids is 1. The van der Waals surface area contributed by atoms with Gasteiger partial charge in [0.2, 0.25) is 11.8 Å². The van der Waals surface area contributed by atoms with Gasteiger partial charge in [0, 0.05) is 20.2 Å². The van der Waals surface area contributed by atoms with Crippen molar-refractivity contribution in [3.8, 4) is 0 Å². The van der Waals surface area contributed by atoms with Gasteiger partial charge in [-0.3, -0.25) is 4.79 Å². The van der Waals surface area contributed by atoms with Crippen LogP contribution in [0.3, 0.4) is 0 Å². The summed E-state index contributed by atoms with van der Waals surface area (Å²) in [6.07, 6.45) is 0.679. The van der Waals surface area contributed by atoms with E-state index in [-0.39, 0.29) is 17.9 Å². The maximum absolute atomic E-state index is 12.2. The predicted octanol–water partition coefficient (Wildman–Crippen LogP) is 1.37. The van der Waals surface area contributed by atoms with E-state index in [1.54, 1.807) is 11.9 Å². The van der Waals surface area contributed by atoms with Crippen LogP contribution in [0, 0.1) is 11.8 Å². The van der Waals surface area contributed by atoms with Crippen molar-refractivity contribution in [2.45, 2.75) is 39.8 Å². The predicted molar refractivity (Wildman–Crippen MR) is 81.0 cm³/mol. The van der Waals surface area contributed by atoms with Crippen LogP contribution in [0.2, 0.25) is 0 Å². The van der Waals surface area contributed by atoms with Crippen LogP contribution in [0.1, 0.15) is 45.0 Å². The highest BCUT2D eigenvalue weighted by Gasteiger charge is 2.26. The fourth-order valence-electron chi connectivity index (χ4n) is 2.37. The summed E-state index contributed by atoms with van der Waals surface area (Å²) < 4.78 is 10.9. The van der Waals surface area contributed by atoms with E-state index in [9.17, 15) is 4.79 Å². The van der Waals surface area contributed by atoms with E-state index in [0.717, 1.165) is 19.5 Å². The average molecular weight is 310 g/mol. The molecule has 1 aliphatic heterocycles. The van der Waals surface area contributed by atoms with Crippen molar-refractivity contribution in [3.63, 3.8) is 0 Å². The van der Waals surface area contributed by atoms with Crippen LogP contribution in [0.15, 0.2) is 4.52 Å². The van der Waals surface area contributed by atoms with Crippen molar-refractivity contribution in [1.29, 1.82) is 0 Å². The van der Waals surface area contributed by atoms with Gasteiger partial charge in [-0.25, -0.2) is 0 Å². The normalized spacial score (nSPS) is 19.6. The first-order valence-electron chi connectivity index (χ1n) is 7.87. The van der Waals surface area contributed by atoms with Crippen LogP contribution in [-0.2, 0) is 16.1 Å². The molecule has 1 aromatic heterocycles. The quantitative estimate of drug-likeness (QED) is 0.819. The number of carbonyl (C=O) groups is 1. The Kier molecular flexibility index (Phi) is 5.90. The summed E-state index contributed by atoms with van der Waals surface area (Å²) in [4.78, 5) is 18.2. The Morgan fingerprint density at radius 3 is 2.91 bits per heavy atom. The van der Waals surface area contributed by atoms with E-state index < -0.39 is 0 Å². The fraction of sp³-hybridized carbons (Fsp3) is 0.800. The second kappa shape index (κ2) is 7.69. The SMILES string of the molecule is CC(C)COC(C)c1noc(CN(C)C(=O)C2CCNC2)n1. The van der Waals surface area contributed by atoms with Crippen molar-refractivity contribution in [1.82, 2.24) is 20.4 Å². The summed E-state index contributed by atoms with van der Waals surface area (Å²) in [5.74, 6) is 1.60.